The van der Waals surface area contributed by atoms with Crippen LogP contribution < -0.4 is 11.1 Å². The number of rotatable bonds is 5. The van der Waals surface area contributed by atoms with E-state index in [0.29, 0.717) is 12.2 Å². The van der Waals surface area contributed by atoms with Gasteiger partial charge < -0.3 is 11.1 Å². The molecule has 0 unspecified atom stereocenters. The Morgan fingerprint density at radius 3 is 2.62 bits per heavy atom. The van der Waals surface area contributed by atoms with Gasteiger partial charge in [0, 0.05) is 25.8 Å². The largest absolute Gasteiger partial charge is 0.433 e. The molecule has 2 aromatic heterocycles. The number of nitrogens with one attached hydrogen (secondary N) is 1. The molecule has 9 heteroatoms. The lowest BCUT2D eigenvalue weighted by Crippen LogP contribution is -2.17. The fourth-order valence-electron chi connectivity index (χ4n) is 1.66. The van der Waals surface area contributed by atoms with Crippen LogP contribution in [0.3, 0.4) is 0 Å². The van der Waals surface area contributed by atoms with Crippen LogP contribution in [0.1, 0.15) is 12.6 Å². The fourth-order valence-corrected chi connectivity index (χ4v) is 1.66. The number of nitrogens with zero attached hydrogens (tertiary/aromatic N) is 4. The Morgan fingerprint density at radius 1 is 1.29 bits per heavy atom. The van der Waals surface area contributed by atoms with Crippen molar-refractivity contribution in [2.75, 3.05) is 18.4 Å². The molecule has 0 atom stereocenters. The molecule has 3 N–H and O–H groups in total. The highest BCUT2D eigenvalue weighted by Crippen LogP contribution is 2.30. The predicted octanol–water partition coefficient (Wildman–Crippen LogP) is 1.75. The second-order valence-corrected chi connectivity index (χ2v) is 4.23. The summed E-state index contributed by atoms with van der Waals surface area (Å²) in [4.78, 5) is 7.51. The minimum Gasteiger partial charge on any atom is -0.353 e. The molecule has 2 aromatic rings. The molecule has 0 aliphatic carbocycles. The standard InChI is InChI=1S/C12H15F3N6/c1-2-21-6-3-8(20-21)9-7-10(12(13,14)15)19-11(18-9)17-5-4-16/h3,6-7H,2,4-5,16H2,1H3,(H,17,18,19). The second-order valence-electron chi connectivity index (χ2n) is 4.23. The summed E-state index contributed by atoms with van der Waals surface area (Å²) in [6.45, 7) is 3.05. The Morgan fingerprint density at radius 2 is 2.05 bits per heavy atom. The van der Waals surface area contributed by atoms with E-state index < -0.39 is 11.9 Å². The maximum atomic E-state index is 12.9. The van der Waals surface area contributed by atoms with Crippen molar-refractivity contribution in [2.45, 2.75) is 19.6 Å². The summed E-state index contributed by atoms with van der Waals surface area (Å²) in [6, 6.07) is 2.49. The average Bonchev–Trinajstić information content (AvgIpc) is 2.93. The van der Waals surface area contributed by atoms with Gasteiger partial charge in [-0.25, -0.2) is 9.97 Å². The van der Waals surface area contributed by atoms with E-state index in [9.17, 15) is 13.2 Å². The molecular weight excluding hydrogens is 285 g/mol. The van der Waals surface area contributed by atoms with Crippen molar-refractivity contribution in [3.05, 3.63) is 24.0 Å². The summed E-state index contributed by atoms with van der Waals surface area (Å²) < 4.78 is 40.3. The molecule has 0 aliphatic rings. The summed E-state index contributed by atoms with van der Waals surface area (Å²) in [7, 11) is 0. The summed E-state index contributed by atoms with van der Waals surface area (Å²) in [5, 5.41) is 6.81. The molecule has 0 spiro atoms. The van der Waals surface area contributed by atoms with Crippen LogP contribution in [-0.2, 0) is 12.7 Å². The third-order valence-corrected chi connectivity index (χ3v) is 2.67. The van der Waals surface area contributed by atoms with Crippen LogP contribution in [0.25, 0.3) is 11.4 Å². The summed E-state index contributed by atoms with van der Waals surface area (Å²) >= 11 is 0. The van der Waals surface area contributed by atoms with Crippen molar-refractivity contribution in [3.63, 3.8) is 0 Å². The van der Waals surface area contributed by atoms with E-state index >= 15 is 0 Å². The van der Waals surface area contributed by atoms with E-state index in [-0.39, 0.29) is 24.7 Å². The van der Waals surface area contributed by atoms with Gasteiger partial charge in [-0.3, -0.25) is 4.68 Å². The second kappa shape index (κ2) is 6.08. The Balaban J connectivity index is 2.43. The van der Waals surface area contributed by atoms with Crippen LogP contribution in [0.5, 0.6) is 0 Å². The molecule has 0 amide bonds. The molecule has 0 radical (unpaired) electrons. The van der Waals surface area contributed by atoms with Crippen LogP contribution in [0.2, 0.25) is 0 Å². The molecule has 2 heterocycles. The van der Waals surface area contributed by atoms with Gasteiger partial charge in [0.15, 0.2) is 5.69 Å². The normalized spacial score (nSPS) is 11.7. The molecule has 2 rings (SSSR count). The lowest BCUT2D eigenvalue weighted by molar-refractivity contribution is -0.141. The average molecular weight is 300 g/mol. The van der Waals surface area contributed by atoms with Crippen LogP contribution in [0, 0.1) is 0 Å². The fraction of sp³-hybridized carbons (Fsp3) is 0.417. The highest BCUT2D eigenvalue weighted by Gasteiger charge is 2.34. The summed E-state index contributed by atoms with van der Waals surface area (Å²) in [6.07, 6.45) is -2.87. The molecule has 0 fully saturated rings. The van der Waals surface area contributed by atoms with Crippen molar-refractivity contribution in [1.29, 1.82) is 0 Å². The summed E-state index contributed by atoms with van der Waals surface area (Å²) in [5.41, 5.74) is 4.78. The van der Waals surface area contributed by atoms with E-state index in [4.69, 9.17) is 5.73 Å². The highest BCUT2D eigenvalue weighted by molar-refractivity contribution is 5.56. The SMILES string of the molecule is CCn1ccc(-c2cc(C(F)(F)F)nc(NCCN)n2)n1. The first-order chi connectivity index (χ1) is 9.94. The van der Waals surface area contributed by atoms with Gasteiger partial charge in [-0.1, -0.05) is 0 Å². The van der Waals surface area contributed by atoms with E-state index in [1.54, 1.807) is 16.9 Å². The van der Waals surface area contributed by atoms with Crippen molar-refractivity contribution in [2.24, 2.45) is 5.73 Å². The Kier molecular flexibility index (Phi) is 4.41. The first kappa shape index (κ1) is 15.2. The minimum absolute atomic E-state index is 0.115. The maximum Gasteiger partial charge on any atom is 0.433 e. The van der Waals surface area contributed by atoms with Gasteiger partial charge in [0.1, 0.15) is 5.69 Å². The first-order valence-corrected chi connectivity index (χ1v) is 6.38. The first-order valence-electron chi connectivity index (χ1n) is 6.38. The topological polar surface area (TPSA) is 81.7 Å². The van der Waals surface area contributed by atoms with Crippen molar-refractivity contribution < 1.29 is 13.2 Å². The van der Waals surface area contributed by atoms with Gasteiger partial charge >= 0.3 is 6.18 Å². The number of hydrogen-bond donors (Lipinski definition) is 2. The van der Waals surface area contributed by atoms with E-state index in [1.807, 2.05) is 6.92 Å². The lowest BCUT2D eigenvalue weighted by Gasteiger charge is -2.10. The molecule has 0 aliphatic heterocycles. The monoisotopic (exact) mass is 300 g/mol. The third kappa shape index (κ3) is 3.69. The van der Waals surface area contributed by atoms with Gasteiger partial charge in [-0.15, -0.1) is 0 Å². The number of aromatic nitrogens is 4. The highest BCUT2D eigenvalue weighted by atomic mass is 19.4. The van der Waals surface area contributed by atoms with Crippen LogP contribution in [0.15, 0.2) is 18.3 Å². The lowest BCUT2D eigenvalue weighted by atomic mass is 10.2. The van der Waals surface area contributed by atoms with Crippen LogP contribution >= 0.6 is 0 Å². The molecular formula is C12H15F3N6. The quantitative estimate of drug-likeness (QED) is 0.879. The van der Waals surface area contributed by atoms with Crippen LogP contribution in [0.4, 0.5) is 19.1 Å². The number of hydrogen-bond acceptors (Lipinski definition) is 5. The maximum absolute atomic E-state index is 12.9. The smallest absolute Gasteiger partial charge is 0.353 e. The summed E-state index contributed by atoms with van der Waals surface area (Å²) in [5.74, 6) is -0.115. The zero-order valence-electron chi connectivity index (χ0n) is 11.4. The zero-order chi connectivity index (χ0) is 15.5. The van der Waals surface area contributed by atoms with Crippen LogP contribution in [-0.4, -0.2) is 32.8 Å². The van der Waals surface area contributed by atoms with Gasteiger partial charge in [-0.05, 0) is 19.1 Å². The Hall–Kier alpha value is -2.16. The number of aryl methyl sites for hydroxylation is 1. The minimum atomic E-state index is -4.55. The van der Waals surface area contributed by atoms with E-state index in [0.717, 1.165) is 6.07 Å². The third-order valence-electron chi connectivity index (χ3n) is 2.67. The molecule has 114 valence electrons. The van der Waals surface area contributed by atoms with E-state index in [1.165, 1.54) is 0 Å². The van der Waals surface area contributed by atoms with Gasteiger partial charge in [0.2, 0.25) is 5.95 Å². The molecule has 0 saturated carbocycles. The van der Waals surface area contributed by atoms with Crippen molar-refractivity contribution in [1.82, 2.24) is 19.7 Å². The molecule has 0 saturated heterocycles. The number of anilines is 1. The zero-order valence-corrected chi connectivity index (χ0v) is 11.4. The van der Waals surface area contributed by atoms with Gasteiger partial charge in [-0.2, -0.15) is 18.3 Å². The van der Waals surface area contributed by atoms with E-state index in [2.05, 4.69) is 20.4 Å². The number of nitrogens with two attached hydrogens (primary N) is 1. The molecule has 6 nitrogen and oxygen atoms in total. The Labute approximate surface area is 119 Å². The predicted molar refractivity (Wildman–Crippen MR) is 71.5 cm³/mol. The number of halogens is 3. The number of alkyl halides is 3. The van der Waals surface area contributed by atoms with Gasteiger partial charge in [0.25, 0.3) is 0 Å². The Bertz CT molecular complexity index is 607. The molecule has 0 bridgehead atoms. The van der Waals surface area contributed by atoms with Gasteiger partial charge in [0.05, 0.1) is 5.69 Å². The van der Waals surface area contributed by atoms with Crippen molar-refractivity contribution in [3.8, 4) is 11.4 Å². The van der Waals surface area contributed by atoms with Crippen molar-refractivity contribution >= 4 is 5.95 Å². The molecule has 21 heavy (non-hydrogen) atoms. The molecule has 0 aromatic carbocycles.